The maximum Gasteiger partial charge on any atom is 0.165 e. The average molecular weight is 277 g/mol. The number of hydrogen-bond acceptors (Lipinski definition) is 3. The van der Waals surface area contributed by atoms with Gasteiger partial charge >= 0.3 is 0 Å². The van der Waals surface area contributed by atoms with E-state index in [-0.39, 0.29) is 5.75 Å². The summed E-state index contributed by atoms with van der Waals surface area (Å²) in [6, 6.07) is 6.50. The molecular formula is C15H20FN3O. The number of phenols is 1. The molecule has 1 heterocycles. The second-order valence-corrected chi connectivity index (χ2v) is 4.97. The van der Waals surface area contributed by atoms with Gasteiger partial charge in [0.2, 0.25) is 0 Å². The van der Waals surface area contributed by atoms with Crippen molar-refractivity contribution in [3.05, 3.63) is 47.0 Å². The average Bonchev–Trinajstić information content (AvgIpc) is 2.72. The third kappa shape index (κ3) is 3.81. The first-order chi connectivity index (χ1) is 9.56. The molecule has 0 atom stereocenters. The fraction of sp³-hybridized carbons (Fsp3) is 0.400. The Morgan fingerprint density at radius 2 is 2.10 bits per heavy atom. The van der Waals surface area contributed by atoms with E-state index in [0.29, 0.717) is 6.54 Å². The van der Waals surface area contributed by atoms with Crippen LogP contribution in [0.4, 0.5) is 4.39 Å². The van der Waals surface area contributed by atoms with Crippen molar-refractivity contribution in [1.82, 2.24) is 15.1 Å². The molecule has 0 aliphatic carbocycles. The van der Waals surface area contributed by atoms with Gasteiger partial charge in [0, 0.05) is 18.8 Å². The molecule has 0 aliphatic heterocycles. The lowest BCUT2D eigenvalue weighted by Gasteiger charge is -2.07. The van der Waals surface area contributed by atoms with Crippen LogP contribution in [0.15, 0.2) is 24.3 Å². The predicted octanol–water partition coefficient (Wildman–Crippen LogP) is 2.52. The predicted molar refractivity (Wildman–Crippen MR) is 76.1 cm³/mol. The summed E-state index contributed by atoms with van der Waals surface area (Å²) in [4.78, 5) is 0. The first-order valence-corrected chi connectivity index (χ1v) is 6.75. The maximum absolute atomic E-state index is 13.1. The van der Waals surface area contributed by atoms with E-state index in [0.717, 1.165) is 30.8 Å². The minimum Gasteiger partial charge on any atom is -0.505 e. The molecule has 0 spiro atoms. The molecule has 108 valence electrons. The Labute approximate surface area is 118 Å². The Hall–Kier alpha value is -1.88. The molecule has 1 aromatic heterocycles. The Bertz CT molecular complexity index is 580. The quantitative estimate of drug-likeness (QED) is 0.798. The van der Waals surface area contributed by atoms with Gasteiger partial charge in [0.15, 0.2) is 11.6 Å². The SMILES string of the molecule is Cc1cc(C)n(CCCNCc2ccc(O)c(F)c2)n1. The highest BCUT2D eigenvalue weighted by Crippen LogP contribution is 2.15. The zero-order valence-electron chi connectivity index (χ0n) is 11.9. The van der Waals surface area contributed by atoms with E-state index < -0.39 is 5.82 Å². The summed E-state index contributed by atoms with van der Waals surface area (Å²) >= 11 is 0. The van der Waals surface area contributed by atoms with Crippen molar-refractivity contribution in [2.24, 2.45) is 0 Å². The van der Waals surface area contributed by atoms with Gasteiger partial charge in [-0.05, 0) is 50.6 Å². The van der Waals surface area contributed by atoms with Crippen LogP contribution in [0.5, 0.6) is 5.75 Å². The highest BCUT2D eigenvalue weighted by Gasteiger charge is 2.02. The highest BCUT2D eigenvalue weighted by molar-refractivity contribution is 5.27. The summed E-state index contributed by atoms with van der Waals surface area (Å²) in [6.45, 7) is 6.33. The molecule has 0 fully saturated rings. The molecule has 0 bridgehead atoms. The standard InChI is InChI=1S/C15H20FN3O/c1-11-8-12(2)19(18-11)7-3-6-17-10-13-4-5-15(20)14(16)9-13/h4-5,8-9,17,20H,3,6-7,10H2,1-2H3. The monoisotopic (exact) mass is 277 g/mol. The number of aromatic hydroxyl groups is 1. The van der Waals surface area contributed by atoms with Crippen molar-refractivity contribution in [1.29, 1.82) is 0 Å². The molecule has 2 N–H and O–H groups in total. The Morgan fingerprint density at radius 1 is 1.30 bits per heavy atom. The van der Waals surface area contributed by atoms with Crippen molar-refractivity contribution in [3.8, 4) is 5.75 Å². The first-order valence-electron chi connectivity index (χ1n) is 6.75. The number of aryl methyl sites for hydroxylation is 3. The third-order valence-corrected chi connectivity index (χ3v) is 3.17. The molecule has 5 heteroatoms. The van der Waals surface area contributed by atoms with Crippen molar-refractivity contribution >= 4 is 0 Å². The molecule has 4 nitrogen and oxygen atoms in total. The second kappa shape index (κ2) is 6.52. The van der Waals surface area contributed by atoms with Gasteiger partial charge in [-0.3, -0.25) is 4.68 Å². The summed E-state index contributed by atoms with van der Waals surface area (Å²) in [5.41, 5.74) is 3.03. The lowest BCUT2D eigenvalue weighted by Crippen LogP contribution is -2.17. The summed E-state index contributed by atoms with van der Waals surface area (Å²) in [5, 5.41) is 16.8. The van der Waals surface area contributed by atoms with Gasteiger partial charge in [0.25, 0.3) is 0 Å². The van der Waals surface area contributed by atoms with E-state index in [2.05, 4.69) is 16.5 Å². The van der Waals surface area contributed by atoms with E-state index in [4.69, 9.17) is 5.11 Å². The summed E-state index contributed by atoms with van der Waals surface area (Å²) < 4.78 is 15.1. The number of rotatable bonds is 6. The lowest BCUT2D eigenvalue weighted by molar-refractivity contribution is 0.431. The molecule has 0 saturated carbocycles. The van der Waals surface area contributed by atoms with Crippen LogP contribution < -0.4 is 5.32 Å². The maximum atomic E-state index is 13.1. The van der Waals surface area contributed by atoms with E-state index in [1.165, 1.54) is 17.8 Å². The minimum atomic E-state index is -0.577. The fourth-order valence-electron chi connectivity index (χ4n) is 2.15. The van der Waals surface area contributed by atoms with Crippen LogP contribution in [-0.2, 0) is 13.1 Å². The van der Waals surface area contributed by atoms with Gasteiger partial charge < -0.3 is 10.4 Å². The number of halogens is 1. The largest absolute Gasteiger partial charge is 0.505 e. The van der Waals surface area contributed by atoms with Crippen LogP contribution in [0, 0.1) is 19.7 Å². The molecular weight excluding hydrogens is 257 g/mol. The van der Waals surface area contributed by atoms with E-state index in [9.17, 15) is 4.39 Å². The highest BCUT2D eigenvalue weighted by atomic mass is 19.1. The van der Waals surface area contributed by atoms with Crippen molar-refractivity contribution in [2.45, 2.75) is 33.4 Å². The molecule has 0 saturated heterocycles. The van der Waals surface area contributed by atoms with Gasteiger partial charge in [-0.1, -0.05) is 6.07 Å². The molecule has 2 rings (SSSR count). The summed E-state index contributed by atoms with van der Waals surface area (Å²) in [7, 11) is 0. The van der Waals surface area contributed by atoms with Gasteiger partial charge in [0.05, 0.1) is 5.69 Å². The van der Waals surface area contributed by atoms with E-state index >= 15 is 0 Å². The molecule has 0 amide bonds. The number of nitrogens with zero attached hydrogens (tertiary/aromatic N) is 2. The number of aromatic nitrogens is 2. The van der Waals surface area contributed by atoms with Gasteiger partial charge in [-0.2, -0.15) is 5.10 Å². The lowest BCUT2D eigenvalue weighted by atomic mass is 10.2. The van der Waals surface area contributed by atoms with Crippen LogP contribution >= 0.6 is 0 Å². The normalized spacial score (nSPS) is 10.9. The van der Waals surface area contributed by atoms with Crippen LogP contribution in [0.3, 0.4) is 0 Å². The fourth-order valence-corrected chi connectivity index (χ4v) is 2.15. The molecule has 2 aromatic rings. The topological polar surface area (TPSA) is 50.1 Å². The number of hydrogen-bond donors (Lipinski definition) is 2. The Balaban J connectivity index is 1.71. The minimum absolute atomic E-state index is 0.307. The van der Waals surface area contributed by atoms with Gasteiger partial charge in [-0.15, -0.1) is 0 Å². The van der Waals surface area contributed by atoms with Crippen molar-refractivity contribution < 1.29 is 9.50 Å². The molecule has 0 radical (unpaired) electrons. The first kappa shape index (κ1) is 14.5. The zero-order valence-corrected chi connectivity index (χ0v) is 11.9. The Kier molecular flexibility index (Phi) is 4.74. The number of benzene rings is 1. The van der Waals surface area contributed by atoms with Crippen LogP contribution in [-0.4, -0.2) is 21.4 Å². The second-order valence-electron chi connectivity index (χ2n) is 4.97. The van der Waals surface area contributed by atoms with Crippen LogP contribution in [0.25, 0.3) is 0 Å². The van der Waals surface area contributed by atoms with E-state index in [1.807, 2.05) is 18.5 Å². The number of nitrogens with one attached hydrogen (secondary N) is 1. The molecule has 0 aliphatic rings. The summed E-state index contributed by atoms with van der Waals surface area (Å²) in [6.07, 6.45) is 0.961. The Morgan fingerprint density at radius 3 is 2.75 bits per heavy atom. The van der Waals surface area contributed by atoms with Gasteiger partial charge in [0.1, 0.15) is 0 Å². The molecule has 0 unspecified atom stereocenters. The van der Waals surface area contributed by atoms with Crippen LogP contribution in [0.2, 0.25) is 0 Å². The summed E-state index contributed by atoms with van der Waals surface area (Å²) in [5.74, 6) is -0.884. The molecule has 20 heavy (non-hydrogen) atoms. The number of phenolic OH excluding ortho intramolecular Hbond substituents is 1. The van der Waals surface area contributed by atoms with Crippen molar-refractivity contribution in [3.63, 3.8) is 0 Å². The van der Waals surface area contributed by atoms with Crippen LogP contribution in [0.1, 0.15) is 23.4 Å². The smallest absolute Gasteiger partial charge is 0.165 e. The zero-order chi connectivity index (χ0) is 14.5. The van der Waals surface area contributed by atoms with E-state index in [1.54, 1.807) is 6.07 Å². The molecule has 1 aromatic carbocycles. The van der Waals surface area contributed by atoms with Gasteiger partial charge in [-0.25, -0.2) is 4.39 Å². The van der Waals surface area contributed by atoms with Crippen molar-refractivity contribution in [2.75, 3.05) is 6.54 Å². The third-order valence-electron chi connectivity index (χ3n) is 3.17.